The van der Waals surface area contributed by atoms with Crippen LogP contribution in [0.2, 0.25) is 0 Å². The van der Waals surface area contributed by atoms with Gasteiger partial charge in [-0.15, -0.1) is 0 Å². The molecule has 51 heavy (non-hydrogen) atoms. The van der Waals surface area contributed by atoms with Gasteiger partial charge >= 0.3 is 0 Å². The number of hydrogen-bond donors (Lipinski definition) is 0. The van der Waals surface area contributed by atoms with Crippen LogP contribution in [0.25, 0.3) is 60.9 Å². The summed E-state index contributed by atoms with van der Waals surface area (Å²) in [6.45, 7) is 0. The van der Waals surface area contributed by atoms with Crippen molar-refractivity contribution in [1.29, 1.82) is 0 Å². The second-order valence-corrected chi connectivity index (χ2v) is 14.1. The number of aromatic nitrogens is 1. The van der Waals surface area contributed by atoms with Gasteiger partial charge in [-0.1, -0.05) is 158 Å². The summed E-state index contributed by atoms with van der Waals surface area (Å²) in [5.41, 5.74) is 19.2. The van der Waals surface area contributed by atoms with Crippen molar-refractivity contribution in [3.63, 3.8) is 0 Å². The molecule has 1 heterocycles. The van der Waals surface area contributed by atoms with E-state index in [4.69, 9.17) is 0 Å². The fourth-order valence-corrected chi connectivity index (χ4v) is 9.30. The minimum atomic E-state index is -0.367. The van der Waals surface area contributed by atoms with Crippen LogP contribution in [0.15, 0.2) is 188 Å². The lowest BCUT2D eigenvalue weighted by molar-refractivity contribution is 0.792. The Kier molecular flexibility index (Phi) is 6.00. The highest BCUT2D eigenvalue weighted by Gasteiger charge is 2.51. The molecule has 238 valence electrons. The van der Waals surface area contributed by atoms with E-state index in [1.165, 1.54) is 94.3 Å². The van der Waals surface area contributed by atoms with E-state index in [2.05, 4.69) is 193 Å². The van der Waals surface area contributed by atoms with Crippen LogP contribution in [0.5, 0.6) is 0 Å². The Hall–Kier alpha value is -6.44. The minimum absolute atomic E-state index is 0.367. The van der Waals surface area contributed by atoms with E-state index in [0.29, 0.717) is 0 Å². The molecule has 1 heteroatoms. The second kappa shape index (κ2) is 10.8. The third kappa shape index (κ3) is 3.98. The Labute approximate surface area is 297 Å². The predicted molar refractivity (Wildman–Crippen MR) is 212 cm³/mol. The van der Waals surface area contributed by atoms with Gasteiger partial charge in [0.2, 0.25) is 0 Å². The Morgan fingerprint density at radius 3 is 1.57 bits per heavy atom. The van der Waals surface area contributed by atoms with Crippen molar-refractivity contribution in [2.45, 2.75) is 11.8 Å². The van der Waals surface area contributed by atoms with Gasteiger partial charge in [-0.2, -0.15) is 0 Å². The van der Waals surface area contributed by atoms with Crippen molar-refractivity contribution < 1.29 is 0 Å². The molecule has 0 aliphatic heterocycles. The molecule has 0 bridgehead atoms. The molecule has 0 fully saturated rings. The number of fused-ring (bicyclic) bond motifs is 13. The van der Waals surface area contributed by atoms with Gasteiger partial charge in [-0.05, 0) is 104 Å². The summed E-state index contributed by atoms with van der Waals surface area (Å²) in [5, 5.41) is 2.54. The molecule has 0 saturated heterocycles. The maximum Gasteiger partial charge on any atom is 0.0726 e. The molecule has 1 nitrogen and oxygen atoms in total. The van der Waals surface area contributed by atoms with Crippen LogP contribution in [-0.2, 0) is 11.8 Å². The van der Waals surface area contributed by atoms with E-state index in [9.17, 15) is 0 Å². The molecule has 2 aliphatic rings. The average molecular weight is 648 g/mol. The fourth-order valence-electron chi connectivity index (χ4n) is 9.30. The van der Waals surface area contributed by atoms with Crippen LogP contribution in [0, 0.1) is 0 Å². The molecule has 0 radical (unpaired) electrons. The van der Waals surface area contributed by atoms with Crippen molar-refractivity contribution in [2.75, 3.05) is 0 Å². The van der Waals surface area contributed by atoms with Crippen LogP contribution >= 0.6 is 0 Å². The maximum atomic E-state index is 2.49. The second-order valence-electron chi connectivity index (χ2n) is 14.1. The monoisotopic (exact) mass is 647 g/mol. The summed E-state index contributed by atoms with van der Waals surface area (Å²) in [7, 11) is 0. The van der Waals surface area contributed by atoms with Gasteiger partial charge in [0.05, 0.1) is 16.4 Å². The highest BCUT2D eigenvalue weighted by molar-refractivity contribution is 6.10. The van der Waals surface area contributed by atoms with Crippen molar-refractivity contribution in [2.24, 2.45) is 0 Å². The molecule has 0 atom stereocenters. The molecule has 11 rings (SSSR count). The number of rotatable bonds is 4. The third-order valence-corrected chi connectivity index (χ3v) is 11.4. The molecule has 1 spiro atoms. The molecular formula is C50H33N. The van der Waals surface area contributed by atoms with Crippen molar-refractivity contribution >= 4 is 21.8 Å². The van der Waals surface area contributed by atoms with E-state index in [1.807, 2.05) is 0 Å². The number of hydrogen-bond acceptors (Lipinski definition) is 0. The number of benzene rings is 8. The smallest absolute Gasteiger partial charge is 0.0726 e. The molecule has 9 aromatic rings. The van der Waals surface area contributed by atoms with Crippen LogP contribution in [-0.4, -0.2) is 4.57 Å². The maximum absolute atomic E-state index is 2.49. The summed E-state index contributed by atoms with van der Waals surface area (Å²) in [6.07, 6.45) is 0.942. The fraction of sp³-hybridized carbons (Fsp3) is 0.0400. The zero-order valence-electron chi connectivity index (χ0n) is 28.1. The summed E-state index contributed by atoms with van der Waals surface area (Å²) in [5.74, 6) is 0. The molecular weight excluding hydrogens is 615 g/mol. The van der Waals surface area contributed by atoms with Crippen molar-refractivity contribution in [3.8, 4) is 39.1 Å². The van der Waals surface area contributed by atoms with E-state index in [1.54, 1.807) is 0 Å². The van der Waals surface area contributed by atoms with Gasteiger partial charge in [-0.3, -0.25) is 0 Å². The Bertz CT molecular complexity index is 2750. The van der Waals surface area contributed by atoms with Crippen LogP contribution in [0.3, 0.4) is 0 Å². The molecule has 0 N–H and O–H groups in total. The lowest BCUT2D eigenvalue weighted by Crippen LogP contribution is -2.26. The lowest BCUT2D eigenvalue weighted by atomic mass is 9.70. The quantitative estimate of drug-likeness (QED) is 0.179. The number of para-hydroxylation sites is 1. The first-order valence-electron chi connectivity index (χ1n) is 17.9. The molecule has 1 aromatic heterocycles. The van der Waals surface area contributed by atoms with E-state index >= 15 is 0 Å². The summed E-state index contributed by atoms with van der Waals surface area (Å²) >= 11 is 0. The van der Waals surface area contributed by atoms with Crippen molar-refractivity contribution in [3.05, 3.63) is 221 Å². The molecule has 0 saturated carbocycles. The highest BCUT2D eigenvalue weighted by Crippen LogP contribution is 2.62. The summed E-state index contributed by atoms with van der Waals surface area (Å²) < 4.78 is 2.47. The zero-order chi connectivity index (χ0) is 33.5. The molecule has 0 unspecified atom stereocenters. The summed E-state index contributed by atoms with van der Waals surface area (Å²) in [6, 6.07) is 70.0. The van der Waals surface area contributed by atoms with Gasteiger partial charge < -0.3 is 4.57 Å². The Morgan fingerprint density at radius 2 is 0.882 bits per heavy atom. The van der Waals surface area contributed by atoms with Crippen LogP contribution in [0.4, 0.5) is 0 Å². The van der Waals surface area contributed by atoms with Gasteiger partial charge in [0.1, 0.15) is 0 Å². The molecule has 0 amide bonds. The SMILES string of the molecule is c1ccc(Cc2ccc(-c3ccc4c(c3)c3ccccc3n4-c3ccc4c(c3)C3(c5ccccc5-c5ccccc53)c3ccccc3-4)cc2)cc1. The van der Waals surface area contributed by atoms with Gasteiger partial charge in [0.25, 0.3) is 0 Å². The normalized spacial score (nSPS) is 13.3. The van der Waals surface area contributed by atoms with Crippen LogP contribution < -0.4 is 0 Å². The zero-order valence-corrected chi connectivity index (χ0v) is 28.1. The summed E-state index contributed by atoms with van der Waals surface area (Å²) in [4.78, 5) is 0. The first-order chi connectivity index (χ1) is 25.3. The molecule has 2 aliphatic carbocycles. The van der Waals surface area contributed by atoms with Crippen molar-refractivity contribution in [1.82, 2.24) is 4.57 Å². The van der Waals surface area contributed by atoms with E-state index in [-0.39, 0.29) is 5.41 Å². The minimum Gasteiger partial charge on any atom is -0.309 e. The van der Waals surface area contributed by atoms with Crippen LogP contribution in [0.1, 0.15) is 33.4 Å². The average Bonchev–Trinajstić information content (AvgIpc) is 3.80. The predicted octanol–water partition coefficient (Wildman–Crippen LogP) is 12.4. The van der Waals surface area contributed by atoms with E-state index < -0.39 is 0 Å². The van der Waals surface area contributed by atoms with Gasteiger partial charge in [-0.25, -0.2) is 0 Å². The lowest BCUT2D eigenvalue weighted by Gasteiger charge is -2.30. The van der Waals surface area contributed by atoms with Gasteiger partial charge in [0, 0.05) is 16.5 Å². The first kappa shape index (κ1) is 28.4. The number of nitrogens with zero attached hydrogens (tertiary/aromatic N) is 1. The Balaban J connectivity index is 1.09. The topological polar surface area (TPSA) is 4.93 Å². The standard InChI is InChI=1S/C50H33N/c1-2-12-33(13-3-1)30-34-22-24-35(25-23-34)36-26-29-49-43(31-36)42-17-7-11-21-48(42)51(49)37-27-28-41-40-16-6-10-20-46(40)50(47(41)32-37)44-18-8-4-14-38(44)39-15-5-9-19-45(39)50/h1-29,31-32H,30H2. The largest absolute Gasteiger partial charge is 0.309 e. The van der Waals surface area contributed by atoms with Gasteiger partial charge in [0.15, 0.2) is 0 Å². The molecule has 8 aromatic carbocycles. The first-order valence-corrected chi connectivity index (χ1v) is 17.9. The van der Waals surface area contributed by atoms with E-state index in [0.717, 1.165) is 6.42 Å². The Morgan fingerprint density at radius 1 is 0.353 bits per heavy atom. The third-order valence-electron chi connectivity index (χ3n) is 11.4. The highest BCUT2D eigenvalue weighted by atomic mass is 15.0.